The van der Waals surface area contributed by atoms with E-state index in [-0.39, 0.29) is 6.61 Å². The highest BCUT2D eigenvalue weighted by molar-refractivity contribution is 7.86. The molecule has 12 heteroatoms. The molecule has 1 rings (SSSR count). The maximum Gasteiger partial charge on any atom is 0.264 e. The number of hydrogen-bond acceptors (Lipinski definition) is 9. The van der Waals surface area contributed by atoms with Crippen molar-refractivity contribution in [2.75, 3.05) is 19.1 Å². The van der Waals surface area contributed by atoms with Crippen LogP contribution in [0.3, 0.4) is 0 Å². The fourth-order valence-corrected chi connectivity index (χ4v) is 3.05. The van der Waals surface area contributed by atoms with Gasteiger partial charge >= 0.3 is 0 Å². The number of nitrogens with one attached hydrogen (secondary N) is 1. The molecule has 0 aromatic rings. The number of ether oxygens (including phenoxy) is 1. The quantitative estimate of drug-likeness (QED) is 0.517. The number of carbonyl (C=O) groups is 1. The van der Waals surface area contributed by atoms with Crippen molar-refractivity contribution in [3.8, 4) is 0 Å². The third kappa shape index (κ3) is 6.23. The summed E-state index contributed by atoms with van der Waals surface area (Å²) in [6, 6.07) is -1.23. The first-order chi connectivity index (χ1) is 9.39. The highest BCUT2D eigenvalue weighted by atomic mass is 32.2. The predicted octanol–water partition coefficient (Wildman–Crippen LogP) is -2.47. The molecular weight excluding hydrogens is 330 g/mol. The van der Waals surface area contributed by atoms with Gasteiger partial charge in [-0.15, -0.1) is 0 Å². The van der Waals surface area contributed by atoms with Gasteiger partial charge in [-0.2, -0.15) is 16.8 Å². The minimum Gasteiger partial charge on any atom is -0.366 e. The zero-order valence-corrected chi connectivity index (χ0v) is 13.2. The molecule has 4 atom stereocenters. The van der Waals surface area contributed by atoms with E-state index >= 15 is 0 Å². The first-order valence-electron chi connectivity index (χ1n) is 5.72. The molecule has 0 aromatic carbocycles. The molecule has 0 aromatic heterocycles. The Morgan fingerprint density at radius 2 is 1.71 bits per heavy atom. The minimum absolute atomic E-state index is 0.372. The molecule has 0 radical (unpaired) electrons. The molecule has 0 spiro atoms. The molecule has 1 amide bonds. The summed E-state index contributed by atoms with van der Waals surface area (Å²) in [5, 5.41) is 12.0. The van der Waals surface area contributed by atoms with Crippen molar-refractivity contribution < 1.29 is 39.8 Å². The van der Waals surface area contributed by atoms with E-state index in [2.05, 4.69) is 9.50 Å². The Kier molecular flexibility index (Phi) is 5.69. The van der Waals surface area contributed by atoms with E-state index in [0.29, 0.717) is 0 Å². The standard InChI is InChI=1S/C9H17NO9S2/c1-5(11)10-7-6(18-20(2,13)14)4-17-9(12)8(7)19-21(3,15)16/h6-9,12H,4H2,1-3H3,(H,10,11)/t6-,7+,8+,9-/m0/s1. The maximum atomic E-state index is 11.2. The topological polar surface area (TPSA) is 145 Å². The highest BCUT2D eigenvalue weighted by Gasteiger charge is 2.45. The van der Waals surface area contributed by atoms with Crippen molar-refractivity contribution in [2.45, 2.75) is 31.5 Å². The molecule has 0 unspecified atom stereocenters. The second kappa shape index (κ2) is 6.54. The van der Waals surface area contributed by atoms with Crippen molar-refractivity contribution in [1.29, 1.82) is 0 Å². The Labute approximate surface area is 122 Å². The lowest BCUT2D eigenvalue weighted by molar-refractivity contribution is -0.210. The van der Waals surface area contributed by atoms with E-state index in [0.717, 1.165) is 19.4 Å². The monoisotopic (exact) mass is 347 g/mol. The SMILES string of the molecule is CC(=O)N[C@H]1[C@@H](OS(C)(=O)=O)[C@@H](O)OC[C@@H]1OS(C)(=O)=O. The lowest BCUT2D eigenvalue weighted by Crippen LogP contribution is -2.62. The smallest absolute Gasteiger partial charge is 0.264 e. The molecular formula is C9H17NO9S2. The predicted molar refractivity (Wildman–Crippen MR) is 69.0 cm³/mol. The Morgan fingerprint density at radius 3 is 2.14 bits per heavy atom. The average Bonchev–Trinajstić information content (AvgIpc) is 2.23. The van der Waals surface area contributed by atoms with Gasteiger partial charge in [0.1, 0.15) is 6.10 Å². The van der Waals surface area contributed by atoms with Gasteiger partial charge in [0.15, 0.2) is 12.4 Å². The zero-order chi connectivity index (χ0) is 16.4. The second-order valence-electron chi connectivity index (χ2n) is 4.55. The van der Waals surface area contributed by atoms with Crippen molar-refractivity contribution in [3.05, 3.63) is 0 Å². The molecule has 1 aliphatic rings. The maximum absolute atomic E-state index is 11.2. The molecule has 0 saturated carbocycles. The molecule has 124 valence electrons. The number of aliphatic hydroxyl groups is 1. The van der Waals surface area contributed by atoms with Crippen LogP contribution in [0, 0.1) is 0 Å². The highest BCUT2D eigenvalue weighted by Crippen LogP contribution is 2.22. The summed E-state index contributed by atoms with van der Waals surface area (Å²) >= 11 is 0. The third-order valence-corrected chi connectivity index (χ3v) is 3.59. The Bertz CT molecular complexity index is 584. The third-order valence-electron chi connectivity index (χ3n) is 2.42. The van der Waals surface area contributed by atoms with E-state index in [1.807, 2.05) is 0 Å². The molecule has 1 heterocycles. The normalized spacial score (nSPS) is 30.9. The van der Waals surface area contributed by atoms with E-state index < -0.39 is 50.7 Å². The van der Waals surface area contributed by atoms with Gasteiger partial charge in [-0.3, -0.25) is 13.2 Å². The van der Waals surface area contributed by atoms with Crippen LogP contribution in [0.2, 0.25) is 0 Å². The van der Waals surface area contributed by atoms with E-state index in [9.17, 15) is 26.7 Å². The van der Waals surface area contributed by atoms with Crippen molar-refractivity contribution >= 4 is 26.1 Å². The number of carbonyl (C=O) groups excluding carboxylic acids is 1. The summed E-state index contributed by atoms with van der Waals surface area (Å²) in [5.41, 5.74) is 0. The van der Waals surface area contributed by atoms with Crippen LogP contribution >= 0.6 is 0 Å². The average molecular weight is 347 g/mol. The van der Waals surface area contributed by atoms with Crippen LogP contribution in [-0.4, -0.2) is 71.5 Å². The van der Waals surface area contributed by atoms with Gasteiger partial charge in [0.25, 0.3) is 20.2 Å². The van der Waals surface area contributed by atoms with Gasteiger partial charge < -0.3 is 15.2 Å². The summed E-state index contributed by atoms with van der Waals surface area (Å²) < 4.78 is 59.0. The Morgan fingerprint density at radius 1 is 1.19 bits per heavy atom. The van der Waals surface area contributed by atoms with Gasteiger partial charge in [0, 0.05) is 6.92 Å². The van der Waals surface area contributed by atoms with Gasteiger partial charge in [-0.05, 0) is 0 Å². The van der Waals surface area contributed by atoms with Crippen LogP contribution in [0.1, 0.15) is 6.92 Å². The van der Waals surface area contributed by atoms with Crippen LogP contribution in [0.25, 0.3) is 0 Å². The molecule has 1 fully saturated rings. The van der Waals surface area contributed by atoms with Crippen molar-refractivity contribution in [2.24, 2.45) is 0 Å². The first kappa shape index (κ1) is 18.3. The van der Waals surface area contributed by atoms with Crippen LogP contribution in [0.15, 0.2) is 0 Å². The summed E-state index contributed by atoms with van der Waals surface area (Å²) in [4.78, 5) is 11.2. The number of amides is 1. The fraction of sp³-hybridized carbons (Fsp3) is 0.889. The largest absolute Gasteiger partial charge is 0.366 e. The second-order valence-corrected chi connectivity index (χ2v) is 7.76. The Balaban J connectivity index is 3.07. The summed E-state index contributed by atoms with van der Waals surface area (Å²) in [6.07, 6.45) is -2.92. The van der Waals surface area contributed by atoms with Gasteiger partial charge in [-0.1, -0.05) is 0 Å². The number of rotatable bonds is 5. The molecule has 1 aliphatic heterocycles. The molecule has 0 bridgehead atoms. The van der Waals surface area contributed by atoms with E-state index in [4.69, 9.17) is 8.92 Å². The van der Waals surface area contributed by atoms with E-state index in [1.54, 1.807) is 0 Å². The molecule has 2 N–H and O–H groups in total. The van der Waals surface area contributed by atoms with Gasteiger partial charge in [-0.25, -0.2) is 0 Å². The fourth-order valence-electron chi connectivity index (χ4n) is 1.81. The van der Waals surface area contributed by atoms with Gasteiger partial charge in [0.2, 0.25) is 5.91 Å². The summed E-state index contributed by atoms with van der Waals surface area (Å²) in [5.74, 6) is -0.585. The molecule has 0 aliphatic carbocycles. The minimum atomic E-state index is -3.99. The lowest BCUT2D eigenvalue weighted by Gasteiger charge is -2.39. The van der Waals surface area contributed by atoms with E-state index in [1.165, 1.54) is 0 Å². The van der Waals surface area contributed by atoms with Crippen molar-refractivity contribution in [3.63, 3.8) is 0 Å². The number of aliphatic hydroxyl groups excluding tert-OH is 1. The molecule has 21 heavy (non-hydrogen) atoms. The summed E-state index contributed by atoms with van der Waals surface area (Å²) in [7, 11) is -7.88. The summed E-state index contributed by atoms with van der Waals surface area (Å²) in [6.45, 7) is 0.764. The Hall–Kier alpha value is -0.790. The zero-order valence-electron chi connectivity index (χ0n) is 11.5. The van der Waals surface area contributed by atoms with Crippen LogP contribution in [-0.2, 0) is 38.1 Å². The first-order valence-corrected chi connectivity index (χ1v) is 9.35. The number of hydrogen-bond donors (Lipinski definition) is 2. The van der Waals surface area contributed by atoms with Crippen LogP contribution < -0.4 is 5.32 Å². The van der Waals surface area contributed by atoms with Crippen LogP contribution in [0.4, 0.5) is 0 Å². The molecule has 1 saturated heterocycles. The van der Waals surface area contributed by atoms with Gasteiger partial charge in [0.05, 0.1) is 25.2 Å². The van der Waals surface area contributed by atoms with Crippen molar-refractivity contribution in [1.82, 2.24) is 5.32 Å². The molecule has 10 nitrogen and oxygen atoms in total. The van der Waals surface area contributed by atoms with Crippen LogP contribution in [0.5, 0.6) is 0 Å². The lowest BCUT2D eigenvalue weighted by atomic mass is 10.0.